The van der Waals surface area contributed by atoms with E-state index in [2.05, 4.69) is 12.2 Å². The van der Waals surface area contributed by atoms with Gasteiger partial charge in [0.2, 0.25) is 5.91 Å². The largest absolute Gasteiger partial charge is 0.480 e. The highest BCUT2D eigenvalue weighted by Gasteiger charge is 2.21. The number of carboxylic acid groups (broad SMARTS) is 1. The van der Waals surface area contributed by atoms with Gasteiger partial charge >= 0.3 is 5.97 Å². The van der Waals surface area contributed by atoms with Crippen molar-refractivity contribution >= 4 is 11.9 Å². The SMILES string of the molecule is O=C(O)CN(Cc1ccccc1)C(=O)CC1C=CCC1. The first-order valence-corrected chi connectivity index (χ1v) is 6.85. The highest BCUT2D eigenvalue weighted by atomic mass is 16.4. The minimum Gasteiger partial charge on any atom is -0.480 e. The fourth-order valence-electron chi connectivity index (χ4n) is 2.42. The summed E-state index contributed by atoms with van der Waals surface area (Å²) in [4.78, 5) is 24.6. The Morgan fingerprint density at radius 2 is 2.00 bits per heavy atom. The van der Waals surface area contributed by atoms with Crippen LogP contribution in [0, 0.1) is 5.92 Å². The molecule has 0 spiro atoms. The molecular weight excluding hydrogens is 254 g/mol. The van der Waals surface area contributed by atoms with Gasteiger partial charge in [-0.2, -0.15) is 0 Å². The molecule has 0 saturated carbocycles. The predicted molar refractivity (Wildman–Crippen MR) is 76.0 cm³/mol. The van der Waals surface area contributed by atoms with Gasteiger partial charge in [-0.05, 0) is 24.3 Å². The van der Waals surface area contributed by atoms with E-state index in [0.717, 1.165) is 18.4 Å². The molecule has 0 fully saturated rings. The lowest BCUT2D eigenvalue weighted by atomic mass is 10.0. The van der Waals surface area contributed by atoms with E-state index in [-0.39, 0.29) is 18.4 Å². The molecule has 1 aliphatic carbocycles. The third-order valence-electron chi connectivity index (χ3n) is 3.44. The van der Waals surface area contributed by atoms with Crippen molar-refractivity contribution in [2.75, 3.05) is 6.54 Å². The third-order valence-corrected chi connectivity index (χ3v) is 3.44. The van der Waals surface area contributed by atoms with Crippen LogP contribution in [-0.4, -0.2) is 28.4 Å². The van der Waals surface area contributed by atoms with E-state index in [1.807, 2.05) is 30.3 Å². The summed E-state index contributed by atoms with van der Waals surface area (Å²) < 4.78 is 0. The lowest BCUT2D eigenvalue weighted by molar-refractivity contribution is -0.145. The van der Waals surface area contributed by atoms with Crippen LogP contribution in [0.2, 0.25) is 0 Å². The van der Waals surface area contributed by atoms with Crippen LogP contribution < -0.4 is 0 Å². The molecule has 0 aliphatic heterocycles. The molecule has 0 saturated heterocycles. The normalized spacial score (nSPS) is 17.1. The van der Waals surface area contributed by atoms with Crippen LogP contribution in [0.25, 0.3) is 0 Å². The number of carbonyl (C=O) groups is 2. The first-order chi connectivity index (χ1) is 9.65. The molecule has 4 nitrogen and oxygen atoms in total. The molecule has 1 amide bonds. The number of benzene rings is 1. The molecular formula is C16H19NO3. The molecule has 20 heavy (non-hydrogen) atoms. The Morgan fingerprint density at radius 1 is 1.25 bits per heavy atom. The molecule has 0 aromatic heterocycles. The van der Waals surface area contributed by atoms with Crippen LogP contribution in [0.4, 0.5) is 0 Å². The number of hydrogen-bond donors (Lipinski definition) is 1. The molecule has 0 heterocycles. The zero-order chi connectivity index (χ0) is 14.4. The topological polar surface area (TPSA) is 57.6 Å². The first kappa shape index (κ1) is 14.3. The van der Waals surface area contributed by atoms with Gasteiger partial charge in [-0.15, -0.1) is 0 Å². The van der Waals surface area contributed by atoms with Gasteiger partial charge in [-0.1, -0.05) is 42.5 Å². The molecule has 1 atom stereocenters. The summed E-state index contributed by atoms with van der Waals surface area (Å²) in [5.74, 6) is -0.807. The maximum absolute atomic E-state index is 12.3. The van der Waals surface area contributed by atoms with Crippen molar-refractivity contribution < 1.29 is 14.7 Å². The molecule has 4 heteroatoms. The first-order valence-electron chi connectivity index (χ1n) is 6.85. The molecule has 1 aliphatic rings. The molecule has 1 aromatic rings. The standard InChI is InChI=1S/C16H19NO3/c18-15(10-13-6-4-5-7-13)17(12-16(19)20)11-14-8-2-1-3-9-14/h1-4,6,8-9,13H,5,7,10-12H2,(H,19,20). The lowest BCUT2D eigenvalue weighted by Crippen LogP contribution is -2.35. The van der Waals surface area contributed by atoms with Gasteiger partial charge in [0, 0.05) is 13.0 Å². The fourth-order valence-corrected chi connectivity index (χ4v) is 2.42. The number of rotatable bonds is 6. The second-order valence-corrected chi connectivity index (χ2v) is 5.10. The van der Waals surface area contributed by atoms with Gasteiger partial charge in [0.25, 0.3) is 0 Å². The van der Waals surface area contributed by atoms with Crippen LogP contribution in [0.1, 0.15) is 24.8 Å². The highest BCUT2D eigenvalue weighted by Crippen LogP contribution is 2.21. The van der Waals surface area contributed by atoms with Gasteiger partial charge in [-0.3, -0.25) is 9.59 Å². The maximum Gasteiger partial charge on any atom is 0.323 e. The second-order valence-electron chi connectivity index (χ2n) is 5.10. The lowest BCUT2D eigenvalue weighted by Gasteiger charge is -2.22. The van der Waals surface area contributed by atoms with Crippen molar-refractivity contribution in [3.8, 4) is 0 Å². The molecule has 2 rings (SSSR count). The molecule has 1 N–H and O–H groups in total. The minimum absolute atomic E-state index is 0.0900. The zero-order valence-electron chi connectivity index (χ0n) is 11.4. The van der Waals surface area contributed by atoms with Gasteiger partial charge < -0.3 is 10.0 Å². The zero-order valence-corrected chi connectivity index (χ0v) is 11.4. The Balaban J connectivity index is 2.00. The molecule has 0 bridgehead atoms. The van der Waals surface area contributed by atoms with Gasteiger partial charge in [-0.25, -0.2) is 0 Å². The van der Waals surface area contributed by atoms with E-state index in [1.165, 1.54) is 4.90 Å². The number of amides is 1. The van der Waals surface area contributed by atoms with Crippen molar-refractivity contribution in [1.82, 2.24) is 4.90 Å². The Morgan fingerprint density at radius 3 is 2.60 bits per heavy atom. The van der Waals surface area contributed by atoms with E-state index >= 15 is 0 Å². The monoisotopic (exact) mass is 273 g/mol. The van der Waals surface area contributed by atoms with E-state index < -0.39 is 5.97 Å². The average Bonchev–Trinajstić information content (AvgIpc) is 2.91. The fraction of sp³-hybridized carbons (Fsp3) is 0.375. The smallest absolute Gasteiger partial charge is 0.323 e. The van der Waals surface area contributed by atoms with Crippen LogP contribution in [0.5, 0.6) is 0 Å². The molecule has 1 aromatic carbocycles. The van der Waals surface area contributed by atoms with E-state index in [0.29, 0.717) is 13.0 Å². The summed E-state index contributed by atoms with van der Waals surface area (Å²) in [6.07, 6.45) is 6.53. The summed E-state index contributed by atoms with van der Waals surface area (Å²) in [7, 11) is 0. The quantitative estimate of drug-likeness (QED) is 0.810. The van der Waals surface area contributed by atoms with Crippen molar-refractivity contribution in [3.05, 3.63) is 48.0 Å². The predicted octanol–water partition coefficient (Wildman–Crippen LogP) is 2.46. The van der Waals surface area contributed by atoms with Crippen molar-refractivity contribution in [1.29, 1.82) is 0 Å². The molecule has 0 radical (unpaired) electrons. The molecule has 1 unspecified atom stereocenters. The van der Waals surface area contributed by atoms with Gasteiger partial charge in [0.05, 0.1) is 0 Å². The number of nitrogens with zero attached hydrogens (tertiary/aromatic N) is 1. The van der Waals surface area contributed by atoms with Crippen LogP contribution in [-0.2, 0) is 16.1 Å². The Bertz CT molecular complexity index is 496. The number of aliphatic carboxylic acids is 1. The van der Waals surface area contributed by atoms with Crippen LogP contribution in [0.15, 0.2) is 42.5 Å². The van der Waals surface area contributed by atoms with Crippen molar-refractivity contribution in [3.63, 3.8) is 0 Å². The van der Waals surface area contributed by atoms with E-state index in [9.17, 15) is 9.59 Å². The number of carboxylic acids is 1. The summed E-state index contributed by atoms with van der Waals surface area (Å²) in [5.41, 5.74) is 0.948. The summed E-state index contributed by atoms with van der Waals surface area (Å²) in [5, 5.41) is 8.96. The maximum atomic E-state index is 12.3. The van der Waals surface area contributed by atoms with Crippen molar-refractivity contribution in [2.24, 2.45) is 5.92 Å². The van der Waals surface area contributed by atoms with Crippen molar-refractivity contribution in [2.45, 2.75) is 25.8 Å². The average molecular weight is 273 g/mol. The summed E-state index contributed by atoms with van der Waals surface area (Å²) >= 11 is 0. The van der Waals surface area contributed by atoms with E-state index in [4.69, 9.17) is 5.11 Å². The summed E-state index contributed by atoms with van der Waals surface area (Å²) in [6.45, 7) is 0.104. The number of allylic oxidation sites excluding steroid dienone is 2. The van der Waals surface area contributed by atoms with Crippen LogP contribution >= 0.6 is 0 Å². The third kappa shape index (κ3) is 4.23. The van der Waals surface area contributed by atoms with E-state index in [1.54, 1.807) is 0 Å². The molecule has 106 valence electrons. The second kappa shape index (κ2) is 6.89. The van der Waals surface area contributed by atoms with Gasteiger partial charge in [0.1, 0.15) is 6.54 Å². The number of carbonyl (C=O) groups excluding carboxylic acids is 1. The Hall–Kier alpha value is -2.10. The summed E-state index contributed by atoms with van der Waals surface area (Å²) in [6, 6.07) is 9.47. The Labute approximate surface area is 118 Å². The van der Waals surface area contributed by atoms with Gasteiger partial charge in [0.15, 0.2) is 0 Å². The van der Waals surface area contributed by atoms with Crippen LogP contribution in [0.3, 0.4) is 0 Å². The number of hydrogen-bond acceptors (Lipinski definition) is 2. The minimum atomic E-state index is -0.976. The Kier molecular flexibility index (Phi) is 4.93. The highest BCUT2D eigenvalue weighted by molar-refractivity contribution is 5.81.